The summed E-state index contributed by atoms with van der Waals surface area (Å²) >= 11 is 0. The molecule has 2 aromatic carbocycles. The van der Waals surface area contributed by atoms with Crippen molar-refractivity contribution in [1.82, 2.24) is 5.32 Å². The minimum atomic E-state index is -0.768. The smallest absolute Gasteiger partial charge is 0.328 e. The molecule has 124 valence electrons. The Morgan fingerprint density at radius 2 is 1.88 bits per heavy atom. The fourth-order valence-electron chi connectivity index (χ4n) is 2.46. The summed E-state index contributed by atoms with van der Waals surface area (Å²) in [5, 5.41) is 2.71. The van der Waals surface area contributed by atoms with Gasteiger partial charge in [0.2, 0.25) is 6.79 Å². The van der Waals surface area contributed by atoms with Crippen LogP contribution in [0.4, 0.5) is 0 Å². The molecule has 0 aromatic heterocycles. The number of ether oxygens (including phenoxy) is 3. The van der Waals surface area contributed by atoms with Gasteiger partial charge in [0.1, 0.15) is 6.04 Å². The van der Waals surface area contributed by atoms with Gasteiger partial charge in [-0.3, -0.25) is 4.79 Å². The number of amides is 1. The Labute approximate surface area is 139 Å². The van der Waals surface area contributed by atoms with Gasteiger partial charge in [-0.15, -0.1) is 0 Å². The number of hydrogen-bond donors (Lipinski definition) is 1. The Hall–Kier alpha value is -3.02. The zero-order valence-corrected chi connectivity index (χ0v) is 13.2. The molecule has 1 unspecified atom stereocenters. The minimum Gasteiger partial charge on any atom is -0.467 e. The molecule has 3 rings (SSSR count). The summed E-state index contributed by atoms with van der Waals surface area (Å²) in [6.45, 7) is 0.138. The van der Waals surface area contributed by atoms with Crippen molar-refractivity contribution in [3.05, 3.63) is 59.7 Å². The highest BCUT2D eigenvalue weighted by Crippen LogP contribution is 2.32. The van der Waals surface area contributed by atoms with Gasteiger partial charge in [-0.2, -0.15) is 0 Å². The molecular weight excluding hydrogens is 310 g/mol. The SMILES string of the molecule is COC(=O)C(Cc1ccccc1)NC(=O)c1ccc2c(c1)OCO2. The van der Waals surface area contributed by atoms with Crippen molar-refractivity contribution in [3.63, 3.8) is 0 Å². The molecule has 0 radical (unpaired) electrons. The third-order valence-electron chi connectivity index (χ3n) is 3.71. The molecule has 0 saturated heterocycles. The van der Waals surface area contributed by atoms with Gasteiger partial charge in [-0.25, -0.2) is 4.79 Å². The Morgan fingerprint density at radius 3 is 2.62 bits per heavy atom. The second kappa shape index (κ2) is 7.04. The molecule has 1 N–H and O–H groups in total. The van der Waals surface area contributed by atoms with E-state index in [1.165, 1.54) is 7.11 Å². The predicted octanol–water partition coefficient (Wildman–Crippen LogP) is 1.93. The van der Waals surface area contributed by atoms with Crippen molar-refractivity contribution in [1.29, 1.82) is 0 Å². The highest BCUT2D eigenvalue weighted by Gasteiger charge is 2.24. The van der Waals surface area contributed by atoms with Crippen LogP contribution in [0.15, 0.2) is 48.5 Å². The van der Waals surface area contributed by atoms with E-state index in [1.54, 1.807) is 18.2 Å². The van der Waals surface area contributed by atoms with Crippen molar-refractivity contribution in [3.8, 4) is 11.5 Å². The van der Waals surface area contributed by atoms with Crippen molar-refractivity contribution >= 4 is 11.9 Å². The summed E-state index contributed by atoms with van der Waals surface area (Å²) in [7, 11) is 1.30. The van der Waals surface area contributed by atoms with Crippen LogP contribution in [-0.4, -0.2) is 31.8 Å². The number of esters is 1. The Balaban J connectivity index is 1.74. The number of fused-ring (bicyclic) bond motifs is 1. The maximum atomic E-state index is 12.5. The van der Waals surface area contributed by atoms with E-state index in [0.29, 0.717) is 23.5 Å². The second-order valence-corrected chi connectivity index (χ2v) is 5.31. The van der Waals surface area contributed by atoms with Gasteiger partial charge in [0.05, 0.1) is 7.11 Å². The Kier molecular flexibility index (Phi) is 4.65. The number of carbonyl (C=O) groups is 2. The molecule has 0 spiro atoms. The van der Waals surface area contributed by atoms with E-state index in [2.05, 4.69) is 5.32 Å². The topological polar surface area (TPSA) is 73.9 Å². The molecule has 1 aliphatic rings. The standard InChI is InChI=1S/C18H17NO5/c1-22-18(21)14(9-12-5-3-2-4-6-12)19-17(20)13-7-8-15-16(10-13)24-11-23-15/h2-8,10,14H,9,11H2,1H3,(H,19,20). The summed E-state index contributed by atoms with van der Waals surface area (Å²) in [5.41, 5.74) is 1.32. The first kappa shape index (κ1) is 15.9. The molecule has 2 aromatic rings. The molecule has 1 aliphatic heterocycles. The average molecular weight is 327 g/mol. The molecule has 6 heteroatoms. The third-order valence-corrected chi connectivity index (χ3v) is 3.71. The lowest BCUT2D eigenvalue weighted by atomic mass is 10.1. The zero-order chi connectivity index (χ0) is 16.9. The predicted molar refractivity (Wildman–Crippen MR) is 86.0 cm³/mol. The lowest BCUT2D eigenvalue weighted by Crippen LogP contribution is -2.43. The van der Waals surface area contributed by atoms with Gasteiger partial charge in [-0.1, -0.05) is 30.3 Å². The Bertz CT molecular complexity index is 744. The van der Waals surface area contributed by atoms with Crippen LogP contribution >= 0.6 is 0 Å². The first-order chi connectivity index (χ1) is 11.7. The fraction of sp³-hybridized carbons (Fsp3) is 0.222. The number of rotatable bonds is 5. The maximum absolute atomic E-state index is 12.5. The van der Waals surface area contributed by atoms with Gasteiger partial charge < -0.3 is 19.5 Å². The van der Waals surface area contributed by atoms with Gasteiger partial charge in [0.25, 0.3) is 5.91 Å². The summed E-state index contributed by atoms with van der Waals surface area (Å²) < 4.78 is 15.3. The molecule has 1 amide bonds. The van der Waals surface area contributed by atoms with Crippen LogP contribution in [-0.2, 0) is 16.0 Å². The average Bonchev–Trinajstić information content (AvgIpc) is 3.09. The van der Waals surface area contributed by atoms with Crippen LogP contribution < -0.4 is 14.8 Å². The fourth-order valence-corrected chi connectivity index (χ4v) is 2.46. The summed E-state index contributed by atoms with van der Waals surface area (Å²) in [6.07, 6.45) is 0.351. The lowest BCUT2D eigenvalue weighted by molar-refractivity contribution is -0.142. The zero-order valence-electron chi connectivity index (χ0n) is 13.2. The van der Waals surface area contributed by atoms with Crippen LogP contribution in [0, 0.1) is 0 Å². The molecule has 1 heterocycles. The summed E-state index contributed by atoms with van der Waals surface area (Å²) in [4.78, 5) is 24.4. The van der Waals surface area contributed by atoms with Crippen molar-refractivity contribution in [2.75, 3.05) is 13.9 Å². The number of hydrogen-bond acceptors (Lipinski definition) is 5. The largest absolute Gasteiger partial charge is 0.467 e. The van der Waals surface area contributed by atoms with Crippen LogP contribution in [0.3, 0.4) is 0 Å². The molecular formula is C18H17NO5. The van der Waals surface area contributed by atoms with Crippen LogP contribution in [0.5, 0.6) is 11.5 Å². The lowest BCUT2D eigenvalue weighted by Gasteiger charge is -2.16. The second-order valence-electron chi connectivity index (χ2n) is 5.31. The van der Waals surface area contributed by atoms with E-state index >= 15 is 0 Å². The van der Waals surface area contributed by atoms with Crippen LogP contribution in [0.25, 0.3) is 0 Å². The third kappa shape index (κ3) is 3.48. The molecule has 0 saturated carbocycles. The molecule has 0 bridgehead atoms. The maximum Gasteiger partial charge on any atom is 0.328 e. The first-order valence-corrected chi connectivity index (χ1v) is 7.49. The Morgan fingerprint density at radius 1 is 1.12 bits per heavy atom. The number of carbonyl (C=O) groups excluding carboxylic acids is 2. The molecule has 0 aliphatic carbocycles. The first-order valence-electron chi connectivity index (χ1n) is 7.49. The highest BCUT2D eigenvalue weighted by molar-refractivity contribution is 5.97. The van der Waals surface area contributed by atoms with Gasteiger partial charge >= 0.3 is 5.97 Å². The molecule has 1 atom stereocenters. The van der Waals surface area contributed by atoms with Gasteiger partial charge in [-0.05, 0) is 23.8 Å². The monoisotopic (exact) mass is 327 g/mol. The summed E-state index contributed by atoms with van der Waals surface area (Å²) in [6, 6.07) is 13.5. The van der Waals surface area contributed by atoms with Crippen molar-refractivity contribution in [2.24, 2.45) is 0 Å². The van der Waals surface area contributed by atoms with Crippen LogP contribution in [0.2, 0.25) is 0 Å². The van der Waals surface area contributed by atoms with E-state index in [4.69, 9.17) is 14.2 Å². The summed E-state index contributed by atoms with van der Waals surface area (Å²) in [5.74, 6) is 0.244. The van der Waals surface area contributed by atoms with E-state index in [0.717, 1.165) is 5.56 Å². The van der Waals surface area contributed by atoms with E-state index < -0.39 is 12.0 Å². The number of nitrogens with one attached hydrogen (secondary N) is 1. The molecule has 0 fully saturated rings. The van der Waals surface area contributed by atoms with Crippen molar-refractivity contribution in [2.45, 2.75) is 12.5 Å². The van der Waals surface area contributed by atoms with Gasteiger partial charge in [0, 0.05) is 12.0 Å². The van der Waals surface area contributed by atoms with E-state index in [-0.39, 0.29) is 12.7 Å². The highest BCUT2D eigenvalue weighted by atomic mass is 16.7. The molecule has 24 heavy (non-hydrogen) atoms. The van der Waals surface area contributed by atoms with Gasteiger partial charge in [0.15, 0.2) is 11.5 Å². The minimum absolute atomic E-state index is 0.138. The van der Waals surface area contributed by atoms with Crippen molar-refractivity contribution < 1.29 is 23.8 Å². The number of methoxy groups -OCH3 is 1. The van der Waals surface area contributed by atoms with Crippen LogP contribution in [0.1, 0.15) is 15.9 Å². The quantitative estimate of drug-likeness (QED) is 0.850. The molecule has 6 nitrogen and oxygen atoms in total. The number of benzene rings is 2. The van der Waals surface area contributed by atoms with E-state index in [1.807, 2.05) is 30.3 Å². The normalized spacial score (nSPS) is 13.2. The van der Waals surface area contributed by atoms with E-state index in [9.17, 15) is 9.59 Å².